The molecule has 1 aliphatic heterocycles. The summed E-state index contributed by atoms with van der Waals surface area (Å²) in [6.07, 6.45) is -1.28. The van der Waals surface area contributed by atoms with Gasteiger partial charge in [0.25, 0.3) is 5.56 Å². The Kier molecular flexibility index (Phi) is 8.46. The number of ether oxygens (including phenoxy) is 1. The van der Waals surface area contributed by atoms with Crippen molar-refractivity contribution in [1.82, 2.24) is 24.4 Å². The third-order valence-corrected chi connectivity index (χ3v) is 8.52. The van der Waals surface area contributed by atoms with E-state index in [2.05, 4.69) is 77.5 Å². The molecule has 2 aromatic heterocycles. The molecule has 1 saturated heterocycles. The Morgan fingerprint density at radius 2 is 1.52 bits per heavy atom. The van der Waals surface area contributed by atoms with Crippen molar-refractivity contribution < 1.29 is 14.6 Å². The first-order valence-corrected chi connectivity index (χ1v) is 15.3. The Morgan fingerprint density at radius 3 is 2.02 bits per heavy atom. The van der Waals surface area contributed by atoms with Crippen LogP contribution in [0, 0.1) is 5.92 Å². The summed E-state index contributed by atoms with van der Waals surface area (Å²) < 4.78 is 8.51. The summed E-state index contributed by atoms with van der Waals surface area (Å²) in [6, 6.07) is 30.9. The molecule has 11 heteroatoms. The van der Waals surface area contributed by atoms with Gasteiger partial charge >= 0.3 is 0 Å². The summed E-state index contributed by atoms with van der Waals surface area (Å²) in [6.45, 7) is 4.05. The molecule has 1 amide bonds. The molecule has 226 valence electrons. The number of imidazole rings is 1. The minimum Gasteiger partial charge on any atom is -0.394 e. The van der Waals surface area contributed by atoms with Gasteiger partial charge in [-0.2, -0.15) is 4.98 Å². The zero-order chi connectivity index (χ0) is 30.8. The van der Waals surface area contributed by atoms with Crippen molar-refractivity contribution in [3.05, 3.63) is 123 Å². The number of nitrogens with zero attached hydrogens (tertiary/aromatic N) is 4. The summed E-state index contributed by atoms with van der Waals surface area (Å²) >= 11 is 3.54. The van der Waals surface area contributed by atoms with Gasteiger partial charge in [0.2, 0.25) is 11.9 Å². The van der Waals surface area contributed by atoms with Crippen LogP contribution < -0.4 is 10.9 Å². The average Bonchev–Trinajstić information content (AvgIpc) is 3.39. The highest BCUT2D eigenvalue weighted by Gasteiger charge is 2.46. The highest BCUT2D eigenvalue weighted by Crippen LogP contribution is 2.45. The van der Waals surface area contributed by atoms with E-state index in [0.717, 1.165) is 16.7 Å². The number of aliphatic hydroxyl groups excluding tert-OH is 1. The second-order valence-corrected chi connectivity index (χ2v) is 11.8. The van der Waals surface area contributed by atoms with Crippen molar-refractivity contribution in [2.24, 2.45) is 5.92 Å². The van der Waals surface area contributed by atoms with Gasteiger partial charge in [0.15, 0.2) is 22.1 Å². The maximum atomic E-state index is 13.1. The fourth-order valence-corrected chi connectivity index (χ4v) is 6.53. The van der Waals surface area contributed by atoms with E-state index >= 15 is 0 Å². The SMILES string of the molecule is CC(C)C(=O)Nc1nc2c(nc(Br)n2[C@H]2CN(C(c3ccccc3)(c3ccccc3)c3ccccc3)C[C@@H](CO)O2)c(=O)[nH]1. The number of hydrogen-bond donors (Lipinski definition) is 3. The van der Waals surface area contributed by atoms with E-state index in [9.17, 15) is 14.7 Å². The van der Waals surface area contributed by atoms with Gasteiger partial charge in [-0.15, -0.1) is 0 Å². The van der Waals surface area contributed by atoms with Gasteiger partial charge in [0.05, 0.1) is 18.2 Å². The highest BCUT2D eigenvalue weighted by molar-refractivity contribution is 9.10. The zero-order valence-electron chi connectivity index (χ0n) is 24.4. The number of carbonyl (C=O) groups is 1. The number of fused-ring (bicyclic) bond motifs is 1. The van der Waals surface area contributed by atoms with E-state index in [-0.39, 0.29) is 35.5 Å². The summed E-state index contributed by atoms with van der Waals surface area (Å²) in [4.78, 5) is 39.5. The molecule has 10 nitrogen and oxygen atoms in total. The molecule has 1 fully saturated rings. The Morgan fingerprint density at radius 1 is 0.977 bits per heavy atom. The van der Waals surface area contributed by atoms with Gasteiger partial charge in [-0.3, -0.25) is 29.4 Å². The van der Waals surface area contributed by atoms with Crippen LogP contribution in [0.5, 0.6) is 0 Å². The second kappa shape index (κ2) is 12.4. The molecule has 5 aromatic rings. The van der Waals surface area contributed by atoms with Crippen molar-refractivity contribution in [2.75, 3.05) is 25.0 Å². The lowest BCUT2D eigenvalue weighted by Gasteiger charge is -2.50. The topological polar surface area (TPSA) is 125 Å². The number of aromatic amines is 1. The fourth-order valence-electron chi connectivity index (χ4n) is 5.95. The van der Waals surface area contributed by atoms with Crippen LogP contribution in [0.25, 0.3) is 11.2 Å². The van der Waals surface area contributed by atoms with Crippen LogP contribution in [-0.4, -0.2) is 61.2 Å². The zero-order valence-corrected chi connectivity index (χ0v) is 25.9. The number of anilines is 1. The van der Waals surface area contributed by atoms with E-state index in [0.29, 0.717) is 17.8 Å². The van der Waals surface area contributed by atoms with E-state index in [1.165, 1.54) is 0 Å². The van der Waals surface area contributed by atoms with Gasteiger partial charge in [0.1, 0.15) is 0 Å². The van der Waals surface area contributed by atoms with Crippen molar-refractivity contribution in [1.29, 1.82) is 0 Å². The quantitative estimate of drug-likeness (QED) is 0.164. The molecule has 3 heterocycles. The summed E-state index contributed by atoms with van der Waals surface area (Å²) in [5.41, 5.74) is 2.25. The molecular formula is C33H33BrN6O4. The summed E-state index contributed by atoms with van der Waals surface area (Å²) in [7, 11) is 0. The van der Waals surface area contributed by atoms with Crippen LogP contribution in [0.2, 0.25) is 0 Å². The predicted molar refractivity (Wildman–Crippen MR) is 171 cm³/mol. The van der Waals surface area contributed by atoms with Gasteiger partial charge in [-0.25, -0.2) is 4.98 Å². The number of morpholine rings is 1. The minimum atomic E-state index is -0.761. The van der Waals surface area contributed by atoms with Crippen LogP contribution in [0.3, 0.4) is 0 Å². The third-order valence-electron chi connectivity index (χ3n) is 7.96. The van der Waals surface area contributed by atoms with Crippen LogP contribution >= 0.6 is 15.9 Å². The second-order valence-electron chi connectivity index (χ2n) is 11.1. The number of amides is 1. The fraction of sp³-hybridized carbons (Fsp3) is 0.273. The molecule has 3 N–H and O–H groups in total. The number of benzene rings is 3. The minimum absolute atomic E-state index is 0.0217. The van der Waals surface area contributed by atoms with Gasteiger partial charge in [-0.05, 0) is 32.6 Å². The maximum absolute atomic E-state index is 13.1. The van der Waals surface area contributed by atoms with Crippen LogP contribution in [0.1, 0.15) is 36.8 Å². The molecule has 3 aromatic carbocycles. The number of rotatable bonds is 8. The normalized spacial score (nSPS) is 17.7. The van der Waals surface area contributed by atoms with E-state index in [4.69, 9.17) is 4.74 Å². The lowest BCUT2D eigenvalue weighted by atomic mass is 9.75. The number of halogens is 1. The molecular weight excluding hydrogens is 624 g/mol. The summed E-state index contributed by atoms with van der Waals surface area (Å²) in [5, 5.41) is 13.2. The van der Waals surface area contributed by atoms with E-state index in [1.54, 1.807) is 18.4 Å². The van der Waals surface area contributed by atoms with Crippen molar-refractivity contribution >= 4 is 38.9 Å². The monoisotopic (exact) mass is 656 g/mol. The number of H-pyrrole nitrogens is 1. The Balaban J connectivity index is 1.54. The smallest absolute Gasteiger partial charge is 0.280 e. The van der Waals surface area contributed by atoms with E-state index < -0.39 is 23.4 Å². The standard InChI is InChI=1S/C33H33BrN6O4/c1-21(2)29(42)37-32-36-28-27(30(43)38-32)35-31(34)40(28)26-19-39(18-25(20-41)44-26)33(22-12-6-3-7-13-22,23-14-8-4-9-15-23)24-16-10-5-11-17-24/h3-17,21,25-26,41H,18-20H2,1-2H3,(H2,36,37,38,42,43)/t25-,26+/m0/s1. The Hall–Kier alpha value is -4.16. The highest BCUT2D eigenvalue weighted by atomic mass is 79.9. The molecule has 6 rings (SSSR count). The van der Waals surface area contributed by atoms with Crippen LogP contribution in [0.15, 0.2) is 101 Å². The maximum Gasteiger partial charge on any atom is 0.280 e. The van der Waals surface area contributed by atoms with E-state index in [1.807, 2.05) is 54.6 Å². The number of carbonyl (C=O) groups excluding carboxylic acids is 1. The van der Waals surface area contributed by atoms with Crippen LogP contribution in [0.4, 0.5) is 5.95 Å². The first kappa shape index (κ1) is 29.9. The molecule has 2 atom stereocenters. The van der Waals surface area contributed by atoms with Gasteiger partial charge < -0.3 is 9.84 Å². The number of hydrogen-bond acceptors (Lipinski definition) is 7. The van der Waals surface area contributed by atoms with Gasteiger partial charge in [-0.1, -0.05) is 105 Å². The third kappa shape index (κ3) is 5.36. The summed E-state index contributed by atoms with van der Waals surface area (Å²) in [5.74, 6) is -0.569. The molecule has 0 saturated carbocycles. The van der Waals surface area contributed by atoms with Crippen molar-refractivity contribution in [2.45, 2.75) is 31.7 Å². The Bertz CT molecular complexity index is 1710. The number of aliphatic hydroxyl groups is 1. The average molecular weight is 658 g/mol. The first-order valence-electron chi connectivity index (χ1n) is 14.5. The van der Waals surface area contributed by atoms with Crippen molar-refractivity contribution in [3.63, 3.8) is 0 Å². The molecule has 0 unspecified atom stereocenters. The molecule has 44 heavy (non-hydrogen) atoms. The molecule has 0 spiro atoms. The largest absolute Gasteiger partial charge is 0.394 e. The lowest BCUT2D eigenvalue weighted by molar-refractivity contribution is -0.149. The Labute approximate surface area is 262 Å². The predicted octanol–water partition coefficient (Wildman–Crippen LogP) is 4.66. The lowest BCUT2D eigenvalue weighted by Crippen LogP contribution is -2.57. The number of nitrogens with one attached hydrogen (secondary N) is 2. The van der Waals surface area contributed by atoms with Gasteiger partial charge in [0, 0.05) is 19.0 Å². The number of aromatic nitrogens is 4. The first-order chi connectivity index (χ1) is 21.3. The molecule has 0 radical (unpaired) electrons. The molecule has 0 bridgehead atoms. The molecule has 1 aliphatic rings. The van der Waals surface area contributed by atoms with Crippen LogP contribution in [-0.2, 0) is 15.1 Å². The van der Waals surface area contributed by atoms with Crippen molar-refractivity contribution in [3.8, 4) is 0 Å². The molecule has 0 aliphatic carbocycles.